The van der Waals surface area contributed by atoms with Gasteiger partial charge in [-0.3, -0.25) is 9.78 Å². The molecule has 1 aliphatic rings. The number of nitrogens with two attached hydrogens (primary N) is 1. The van der Waals surface area contributed by atoms with Gasteiger partial charge in [0.05, 0.1) is 23.1 Å². The zero-order valence-electron chi connectivity index (χ0n) is 11.1. The van der Waals surface area contributed by atoms with E-state index in [2.05, 4.69) is 15.3 Å². The van der Waals surface area contributed by atoms with Crippen molar-refractivity contribution in [2.24, 2.45) is 5.73 Å². The molecule has 0 amide bonds. The zero-order valence-corrected chi connectivity index (χ0v) is 11.9. The summed E-state index contributed by atoms with van der Waals surface area (Å²) in [6.07, 6.45) is 0. The minimum absolute atomic E-state index is 0.0551. The van der Waals surface area contributed by atoms with Crippen LogP contribution in [0.25, 0.3) is 0 Å². The van der Waals surface area contributed by atoms with Crippen LogP contribution >= 0.6 is 12.2 Å². The molecule has 0 spiro atoms. The molecular formula is C14H10FN5OS. The van der Waals surface area contributed by atoms with Crippen molar-refractivity contribution in [3.63, 3.8) is 0 Å². The highest BCUT2D eigenvalue weighted by Gasteiger charge is 2.33. The van der Waals surface area contributed by atoms with Crippen LogP contribution < -0.4 is 16.6 Å². The van der Waals surface area contributed by atoms with Gasteiger partial charge in [-0.2, -0.15) is 5.26 Å². The molecular weight excluding hydrogens is 305 g/mol. The minimum Gasteiger partial charge on any atom is -0.384 e. The summed E-state index contributed by atoms with van der Waals surface area (Å²) in [5.41, 5.74) is 5.78. The van der Waals surface area contributed by atoms with E-state index >= 15 is 0 Å². The molecule has 3 rings (SSSR count). The number of aromatic nitrogens is 2. The average molecular weight is 315 g/mol. The third-order valence-electron chi connectivity index (χ3n) is 3.44. The number of H-pyrrole nitrogens is 2. The Hall–Kier alpha value is -2.92. The molecule has 1 unspecified atom stereocenters. The molecule has 5 N–H and O–H groups in total. The van der Waals surface area contributed by atoms with Crippen molar-refractivity contribution in [1.82, 2.24) is 9.97 Å². The zero-order chi connectivity index (χ0) is 15.9. The van der Waals surface area contributed by atoms with Crippen molar-refractivity contribution in [2.45, 2.75) is 5.92 Å². The molecule has 1 aromatic heterocycles. The Kier molecular flexibility index (Phi) is 3.27. The summed E-state index contributed by atoms with van der Waals surface area (Å²) in [6.45, 7) is 0. The highest BCUT2D eigenvalue weighted by Crippen LogP contribution is 2.38. The number of nitrogens with zero attached hydrogens (tertiary/aromatic N) is 1. The summed E-state index contributed by atoms with van der Waals surface area (Å²) in [5, 5.41) is 12.1. The lowest BCUT2D eigenvalue weighted by atomic mass is 9.84. The number of benzene rings is 1. The van der Waals surface area contributed by atoms with Crippen LogP contribution in [0.4, 0.5) is 10.2 Å². The first-order valence-electron chi connectivity index (χ1n) is 6.30. The summed E-state index contributed by atoms with van der Waals surface area (Å²) >= 11 is 4.92. The molecule has 22 heavy (non-hydrogen) atoms. The Bertz CT molecular complexity index is 953. The molecule has 0 saturated carbocycles. The van der Waals surface area contributed by atoms with Crippen LogP contribution in [0.1, 0.15) is 17.0 Å². The second-order valence-corrected chi connectivity index (χ2v) is 5.12. The number of hydrogen-bond donors (Lipinski definition) is 4. The average Bonchev–Trinajstić information content (AvgIpc) is 2.46. The summed E-state index contributed by atoms with van der Waals surface area (Å²) in [6, 6.07) is 7.89. The fraction of sp³-hybridized carbons (Fsp3) is 0.0714. The number of halogens is 1. The van der Waals surface area contributed by atoms with Crippen molar-refractivity contribution in [1.29, 1.82) is 5.26 Å². The molecule has 8 heteroatoms. The number of anilines is 1. The number of rotatable bonds is 1. The van der Waals surface area contributed by atoms with E-state index in [0.29, 0.717) is 0 Å². The summed E-state index contributed by atoms with van der Waals surface area (Å²) in [4.78, 5) is 17.5. The molecule has 0 radical (unpaired) electrons. The molecule has 0 aliphatic carbocycles. The number of aromatic amines is 2. The van der Waals surface area contributed by atoms with E-state index in [0.717, 1.165) is 0 Å². The van der Waals surface area contributed by atoms with Crippen LogP contribution in [0, 0.1) is 21.9 Å². The van der Waals surface area contributed by atoms with Gasteiger partial charge >= 0.3 is 0 Å². The van der Waals surface area contributed by atoms with Crippen LogP contribution in [-0.2, 0) is 0 Å². The quantitative estimate of drug-likeness (QED) is 0.600. The second-order valence-electron chi connectivity index (χ2n) is 4.72. The molecule has 1 aliphatic heterocycles. The topological polar surface area (TPSA) is 110 Å². The van der Waals surface area contributed by atoms with Crippen LogP contribution in [0.3, 0.4) is 0 Å². The predicted octanol–water partition coefficient (Wildman–Crippen LogP) is 1.82. The summed E-state index contributed by atoms with van der Waals surface area (Å²) in [7, 11) is 0. The molecule has 0 fully saturated rings. The van der Waals surface area contributed by atoms with Crippen molar-refractivity contribution in [3.8, 4) is 6.07 Å². The maximum atomic E-state index is 14.2. The fourth-order valence-corrected chi connectivity index (χ4v) is 2.71. The summed E-state index contributed by atoms with van der Waals surface area (Å²) < 4.78 is 14.3. The molecule has 2 aromatic rings. The number of nitrogens with one attached hydrogen (secondary N) is 3. The van der Waals surface area contributed by atoms with Gasteiger partial charge in [0, 0.05) is 5.56 Å². The number of allylic oxidation sites excluding steroid dienone is 1. The molecule has 1 atom stereocenters. The smallest absolute Gasteiger partial charge is 0.258 e. The van der Waals surface area contributed by atoms with Crippen molar-refractivity contribution >= 4 is 18.0 Å². The maximum Gasteiger partial charge on any atom is 0.258 e. The molecule has 110 valence electrons. The number of fused-ring (bicyclic) bond motifs is 1. The predicted molar refractivity (Wildman–Crippen MR) is 80.9 cm³/mol. The van der Waals surface area contributed by atoms with Gasteiger partial charge in [0.15, 0.2) is 4.77 Å². The van der Waals surface area contributed by atoms with Gasteiger partial charge in [0.25, 0.3) is 5.56 Å². The lowest BCUT2D eigenvalue weighted by Gasteiger charge is -2.26. The van der Waals surface area contributed by atoms with Crippen LogP contribution in [0.2, 0.25) is 0 Å². The third kappa shape index (κ3) is 2.08. The van der Waals surface area contributed by atoms with Gasteiger partial charge in [0.2, 0.25) is 0 Å². The highest BCUT2D eigenvalue weighted by molar-refractivity contribution is 7.71. The van der Waals surface area contributed by atoms with Gasteiger partial charge in [0.1, 0.15) is 17.5 Å². The van der Waals surface area contributed by atoms with Gasteiger partial charge < -0.3 is 16.0 Å². The fourth-order valence-electron chi connectivity index (χ4n) is 2.52. The van der Waals surface area contributed by atoms with E-state index in [4.69, 9.17) is 18.0 Å². The van der Waals surface area contributed by atoms with E-state index in [9.17, 15) is 14.4 Å². The van der Waals surface area contributed by atoms with Crippen LogP contribution in [0.5, 0.6) is 0 Å². The molecule has 0 bridgehead atoms. The number of hydrogen-bond acceptors (Lipinski definition) is 5. The van der Waals surface area contributed by atoms with Crippen molar-refractivity contribution < 1.29 is 4.39 Å². The van der Waals surface area contributed by atoms with E-state index in [1.165, 1.54) is 18.2 Å². The summed E-state index contributed by atoms with van der Waals surface area (Å²) in [5.74, 6) is -1.11. The molecule has 6 nitrogen and oxygen atoms in total. The highest BCUT2D eigenvalue weighted by atomic mass is 32.1. The first-order chi connectivity index (χ1) is 10.5. The molecule has 2 heterocycles. The Morgan fingerprint density at radius 3 is 2.73 bits per heavy atom. The van der Waals surface area contributed by atoms with Gasteiger partial charge in [-0.15, -0.1) is 0 Å². The van der Waals surface area contributed by atoms with Gasteiger partial charge in [-0.25, -0.2) is 4.39 Å². The van der Waals surface area contributed by atoms with Gasteiger partial charge in [-0.1, -0.05) is 18.2 Å². The second kappa shape index (κ2) is 5.13. The maximum absolute atomic E-state index is 14.2. The first-order valence-corrected chi connectivity index (χ1v) is 6.71. The number of nitriles is 1. The van der Waals surface area contributed by atoms with Crippen molar-refractivity contribution in [3.05, 3.63) is 67.7 Å². The Labute approximate surface area is 129 Å². The lowest BCUT2D eigenvalue weighted by molar-refractivity contribution is 0.605. The SMILES string of the molecule is N#CC1=C(N)Nc2[nH]c(=S)[nH]c(=O)c2C1c1ccccc1F. The van der Waals surface area contributed by atoms with Crippen LogP contribution in [-0.4, -0.2) is 9.97 Å². The van der Waals surface area contributed by atoms with Crippen LogP contribution in [0.15, 0.2) is 40.5 Å². The monoisotopic (exact) mass is 315 g/mol. The molecule has 0 saturated heterocycles. The Balaban J connectivity index is 2.38. The Morgan fingerprint density at radius 2 is 2.05 bits per heavy atom. The van der Waals surface area contributed by atoms with E-state index in [1.807, 2.05) is 6.07 Å². The standard InChI is InChI=1S/C14H10FN5OS/c15-8-4-2-1-3-6(8)9-7(5-16)11(17)18-12-10(9)13(21)20-14(22)19-12/h1-4,9H,17H2,(H3,18,19,20,21,22). The van der Waals surface area contributed by atoms with Crippen molar-refractivity contribution in [2.75, 3.05) is 5.32 Å². The normalized spacial score (nSPS) is 16.6. The van der Waals surface area contributed by atoms with E-state index < -0.39 is 17.3 Å². The largest absolute Gasteiger partial charge is 0.384 e. The first kappa shape index (κ1) is 14.0. The lowest BCUT2D eigenvalue weighted by Crippen LogP contribution is -2.30. The molecule has 1 aromatic carbocycles. The third-order valence-corrected chi connectivity index (χ3v) is 3.65. The minimum atomic E-state index is -0.905. The van der Waals surface area contributed by atoms with E-state index in [-0.39, 0.29) is 33.1 Å². The van der Waals surface area contributed by atoms with Gasteiger partial charge in [-0.05, 0) is 18.3 Å². The Morgan fingerprint density at radius 1 is 1.32 bits per heavy atom. The van der Waals surface area contributed by atoms with E-state index in [1.54, 1.807) is 6.07 Å².